The van der Waals surface area contributed by atoms with Gasteiger partial charge in [0.05, 0.1) is 16.6 Å². The van der Waals surface area contributed by atoms with Gasteiger partial charge < -0.3 is 0 Å². The van der Waals surface area contributed by atoms with Gasteiger partial charge in [-0.3, -0.25) is 0 Å². The van der Waals surface area contributed by atoms with Crippen LogP contribution < -0.4 is 0 Å². The quantitative estimate of drug-likeness (QED) is 0.852. The Balaban J connectivity index is 2.19. The van der Waals surface area contributed by atoms with Crippen molar-refractivity contribution in [1.29, 1.82) is 0 Å². The zero-order valence-electron chi connectivity index (χ0n) is 12.0. The van der Waals surface area contributed by atoms with Crippen LogP contribution in [0.25, 0.3) is 0 Å². The first-order valence-electron chi connectivity index (χ1n) is 6.93. The number of hydrogen-bond donors (Lipinski definition) is 0. The highest BCUT2D eigenvalue weighted by molar-refractivity contribution is 7.89. The van der Waals surface area contributed by atoms with Crippen LogP contribution in [0, 0.1) is 0 Å². The first-order valence-corrected chi connectivity index (χ1v) is 8.37. The molecule has 0 spiro atoms. The molecule has 1 aliphatic carbocycles. The number of hydrogen-bond acceptors (Lipinski definition) is 2. The second-order valence-corrected chi connectivity index (χ2v) is 7.47. The van der Waals surface area contributed by atoms with Crippen LogP contribution >= 0.6 is 0 Å². The molecule has 1 radical (unpaired) electrons. The first-order chi connectivity index (χ1) is 10.1. The van der Waals surface area contributed by atoms with Crippen LogP contribution in [0.4, 0.5) is 13.2 Å². The third-order valence-electron chi connectivity index (χ3n) is 4.02. The number of sulfonamides is 1. The van der Waals surface area contributed by atoms with E-state index in [0.717, 1.165) is 24.3 Å². The third kappa shape index (κ3) is 3.61. The summed E-state index contributed by atoms with van der Waals surface area (Å²) in [5, 5.41) is 11.3. The lowest BCUT2D eigenvalue weighted by molar-refractivity contribution is -0.137. The van der Waals surface area contributed by atoms with E-state index < -0.39 is 27.9 Å². The van der Waals surface area contributed by atoms with Crippen LogP contribution in [-0.4, -0.2) is 31.9 Å². The van der Waals surface area contributed by atoms with E-state index in [4.69, 9.17) is 0 Å². The van der Waals surface area contributed by atoms with E-state index in [-0.39, 0.29) is 10.9 Å². The molecule has 8 heteroatoms. The van der Waals surface area contributed by atoms with Gasteiger partial charge in [0, 0.05) is 13.1 Å². The molecule has 2 rings (SSSR count). The lowest BCUT2D eigenvalue weighted by Crippen LogP contribution is -2.40. The Morgan fingerprint density at radius 3 is 2.00 bits per heavy atom. The van der Waals surface area contributed by atoms with Crippen molar-refractivity contribution >= 4 is 10.0 Å². The Labute approximate surface area is 127 Å². The fourth-order valence-electron chi connectivity index (χ4n) is 2.59. The van der Waals surface area contributed by atoms with Crippen molar-refractivity contribution in [2.24, 2.45) is 0 Å². The Morgan fingerprint density at radius 2 is 1.55 bits per heavy atom. The van der Waals surface area contributed by atoms with Crippen molar-refractivity contribution in [3.8, 4) is 0 Å². The van der Waals surface area contributed by atoms with E-state index in [1.54, 1.807) is 0 Å². The summed E-state index contributed by atoms with van der Waals surface area (Å²) in [4.78, 5) is -0.174. The molecule has 1 saturated carbocycles. The van der Waals surface area contributed by atoms with E-state index in [0.29, 0.717) is 25.7 Å². The summed E-state index contributed by atoms with van der Waals surface area (Å²) >= 11 is 0. The number of rotatable bonds is 3. The maximum Gasteiger partial charge on any atom is 0.416 e. The van der Waals surface area contributed by atoms with Gasteiger partial charge in [-0.1, -0.05) is 0 Å². The lowest BCUT2D eigenvalue weighted by atomic mass is 9.93. The Bertz CT molecular complexity index is 605. The van der Waals surface area contributed by atoms with Crippen LogP contribution in [0.5, 0.6) is 0 Å². The smallest absolute Gasteiger partial charge is 0.233 e. The zero-order chi connectivity index (χ0) is 16.5. The topological polar surface area (TPSA) is 57.3 Å². The lowest BCUT2D eigenvalue weighted by Gasteiger charge is -2.31. The molecule has 1 aromatic rings. The molecule has 0 heterocycles. The highest BCUT2D eigenvalue weighted by Crippen LogP contribution is 2.31. The molecule has 0 N–H and O–H groups in total. The van der Waals surface area contributed by atoms with Crippen molar-refractivity contribution in [1.82, 2.24) is 4.31 Å². The van der Waals surface area contributed by atoms with Crippen molar-refractivity contribution < 1.29 is 26.7 Å². The summed E-state index contributed by atoms with van der Waals surface area (Å²) in [6.45, 7) is 0. The maximum atomic E-state index is 12.5. The molecule has 0 unspecified atom stereocenters. The molecule has 0 aromatic heterocycles. The summed E-state index contributed by atoms with van der Waals surface area (Å²) in [5.74, 6) is 0. The van der Waals surface area contributed by atoms with Gasteiger partial charge in [-0.25, -0.2) is 13.5 Å². The highest BCUT2D eigenvalue weighted by Gasteiger charge is 2.33. The second-order valence-electron chi connectivity index (χ2n) is 5.47. The average Bonchev–Trinajstić information content (AvgIpc) is 2.46. The van der Waals surface area contributed by atoms with Crippen LogP contribution in [0.1, 0.15) is 31.2 Å². The zero-order valence-corrected chi connectivity index (χ0v) is 12.8. The standard InChI is InChI=1S/C14H17F3NO3S/c1-18(11-4-6-12(19)7-5-11)22(20,21)13-8-2-10(3-9-13)14(15,16)17/h2-3,8-9,11-12H,4-7H2,1H3/t11-,12-. The van der Waals surface area contributed by atoms with Crippen molar-refractivity contribution in [3.63, 3.8) is 0 Å². The largest absolute Gasteiger partial charge is 0.416 e. The monoisotopic (exact) mass is 336 g/mol. The van der Waals surface area contributed by atoms with E-state index >= 15 is 0 Å². The average molecular weight is 336 g/mol. The van der Waals surface area contributed by atoms with Gasteiger partial charge in [0.1, 0.15) is 0 Å². The normalized spacial score (nSPS) is 23.7. The molecule has 0 saturated heterocycles. The van der Waals surface area contributed by atoms with Gasteiger partial charge in [0.2, 0.25) is 10.0 Å². The van der Waals surface area contributed by atoms with E-state index in [1.807, 2.05) is 0 Å². The minimum absolute atomic E-state index is 0.174. The van der Waals surface area contributed by atoms with E-state index in [9.17, 15) is 26.7 Å². The summed E-state index contributed by atoms with van der Waals surface area (Å²) in [6, 6.07) is 3.17. The minimum atomic E-state index is -4.50. The molecule has 22 heavy (non-hydrogen) atoms. The highest BCUT2D eigenvalue weighted by atomic mass is 32.2. The Hall–Kier alpha value is -1.12. The predicted molar refractivity (Wildman–Crippen MR) is 73.1 cm³/mol. The van der Waals surface area contributed by atoms with E-state index in [1.165, 1.54) is 11.4 Å². The molecule has 1 aliphatic rings. The Morgan fingerprint density at radius 1 is 1.05 bits per heavy atom. The van der Waals surface area contributed by atoms with Gasteiger partial charge in [-0.2, -0.15) is 17.5 Å². The Kier molecular flexibility index (Phi) is 4.84. The molecule has 0 atom stereocenters. The molecule has 123 valence electrons. The number of nitrogens with zero attached hydrogens (tertiary/aromatic N) is 1. The van der Waals surface area contributed by atoms with Gasteiger partial charge in [0.15, 0.2) is 0 Å². The summed E-state index contributed by atoms with van der Waals surface area (Å²) in [5.41, 5.74) is -0.888. The molecule has 1 fully saturated rings. The van der Waals surface area contributed by atoms with Gasteiger partial charge in [-0.05, 0) is 49.9 Å². The van der Waals surface area contributed by atoms with Crippen molar-refractivity contribution in [3.05, 3.63) is 29.8 Å². The summed E-state index contributed by atoms with van der Waals surface area (Å²) in [6.07, 6.45) is -3.37. The minimum Gasteiger partial charge on any atom is -0.233 e. The number of halogens is 3. The second kappa shape index (κ2) is 6.17. The van der Waals surface area contributed by atoms with Crippen LogP contribution in [0.2, 0.25) is 0 Å². The maximum absolute atomic E-state index is 12.5. The fourth-order valence-corrected chi connectivity index (χ4v) is 4.00. The number of benzene rings is 1. The van der Waals surface area contributed by atoms with Crippen LogP contribution in [0.3, 0.4) is 0 Å². The van der Waals surface area contributed by atoms with Crippen molar-refractivity contribution in [2.75, 3.05) is 7.05 Å². The SMILES string of the molecule is CN([C@H]1CC[C@H]([O])CC1)S(=O)(=O)c1ccc(C(F)(F)F)cc1. The first kappa shape index (κ1) is 17.2. The molecular weight excluding hydrogens is 319 g/mol. The summed E-state index contributed by atoms with van der Waals surface area (Å²) < 4.78 is 63.6. The molecular formula is C14H17F3NO3S. The molecule has 0 aliphatic heterocycles. The molecule has 0 amide bonds. The molecule has 4 nitrogen and oxygen atoms in total. The predicted octanol–water partition coefficient (Wildman–Crippen LogP) is 3.07. The molecule has 0 bridgehead atoms. The van der Waals surface area contributed by atoms with Gasteiger partial charge in [0.25, 0.3) is 0 Å². The number of alkyl halides is 3. The van der Waals surface area contributed by atoms with Gasteiger partial charge >= 0.3 is 6.18 Å². The summed E-state index contributed by atoms with van der Waals surface area (Å²) in [7, 11) is -2.45. The molecule has 1 aromatic carbocycles. The van der Waals surface area contributed by atoms with Gasteiger partial charge in [-0.15, -0.1) is 0 Å². The van der Waals surface area contributed by atoms with E-state index in [2.05, 4.69) is 0 Å². The third-order valence-corrected chi connectivity index (χ3v) is 5.94. The fraction of sp³-hybridized carbons (Fsp3) is 0.571. The van der Waals surface area contributed by atoms with Crippen molar-refractivity contribution in [2.45, 2.75) is 48.9 Å². The van der Waals surface area contributed by atoms with Crippen LogP contribution in [0.15, 0.2) is 29.2 Å². The van der Waals surface area contributed by atoms with Crippen LogP contribution in [-0.2, 0) is 21.3 Å².